The molecular weight excluding hydrogens is 312 g/mol. The Bertz CT molecular complexity index is 632. The number of nitrogens with zero attached hydrogens (tertiary/aromatic N) is 2. The van der Waals surface area contributed by atoms with E-state index in [2.05, 4.69) is 58.9 Å². The largest absolute Gasteiger partial charge is 0.373 e. The third-order valence-corrected chi connectivity index (χ3v) is 5.31. The summed E-state index contributed by atoms with van der Waals surface area (Å²) >= 11 is 0. The zero-order valence-electron chi connectivity index (χ0n) is 14.9. The minimum atomic E-state index is 0.363. The number of hydrogen-bond acceptors (Lipinski definition) is 3. The average molecular weight is 340 g/mol. The van der Waals surface area contributed by atoms with Crippen molar-refractivity contribution < 1.29 is 4.74 Å². The molecule has 2 bridgehead atoms. The quantitative estimate of drug-likeness (QED) is 0.491. The monoisotopic (exact) mass is 340 g/mol. The van der Waals surface area contributed by atoms with Gasteiger partial charge >= 0.3 is 0 Å². The summed E-state index contributed by atoms with van der Waals surface area (Å²) in [6.45, 7) is 5.69. The van der Waals surface area contributed by atoms with E-state index in [1.807, 2.05) is 0 Å². The SMILES string of the molecule is CCNC(=NCc1ccc(N2CC=CC2)cc1)NC1CC2CCC1O2. The van der Waals surface area contributed by atoms with Crippen LogP contribution in [0.2, 0.25) is 0 Å². The van der Waals surface area contributed by atoms with Gasteiger partial charge < -0.3 is 20.3 Å². The van der Waals surface area contributed by atoms with Gasteiger partial charge in [0.25, 0.3) is 0 Å². The second kappa shape index (κ2) is 7.48. The molecule has 1 aromatic rings. The van der Waals surface area contributed by atoms with E-state index < -0.39 is 0 Å². The molecule has 3 aliphatic rings. The van der Waals surface area contributed by atoms with Crippen molar-refractivity contribution in [2.75, 3.05) is 24.5 Å². The highest BCUT2D eigenvalue weighted by Gasteiger charge is 2.41. The zero-order chi connectivity index (χ0) is 17.1. The second-order valence-electron chi connectivity index (χ2n) is 7.10. The van der Waals surface area contributed by atoms with E-state index in [4.69, 9.17) is 9.73 Å². The van der Waals surface area contributed by atoms with Gasteiger partial charge in [0.05, 0.1) is 24.8 Å². The number of nitrogens with one attached hydrogen (secondary N) is 2. The molecule has 3 atom stereocenters. The van der Waals surface area contributed by atoms with E-state index in [-0.39, 0.29) is 0 Å². The minimum absolute atomic E-state index is 0.363. The lowest BCUT2D eigenvalue weighted by atomic mass is 9.96. The van der Waals surface area contributed by atoms with Crippen molar-refractivity contribution in [3.63, 3.8) is 0 Å². The van der Waals surface area contributed by atoms with Crippen LogP contribution < -0.4 is 15.5 Å². The van der Waals surface area contributed by atoms with Crippen LogP contribution in [-0.2, 0) is 11.3 Å². The van der Waals surface area contributed by atoms with Crippen LogP contribution in [-0.4, -0.2) is 43.8 Å². The first-order valence-corrected chi connectivity index (χ1v) is 9.51. The maximum absolute atomic E-state index is 5.93. The van der Waals surface area contributed by atoms with E-state index in [0.29, 0.717) is 24.8 Å². The summed E-state index contributed by atoms with van der Waals surface area (Å²) < 4.78 is 5.93. The highest BCUT2D eigenvalue weighted by Crippen LogP contribution is 2.34. The molecule has 2 saturated heterocycles. The maximum Gasteiger partial charge on any atom is 0.191 e. The molecule has 134 valence electrons. The van der Waals surface area contributed by atoms with E-state index in [1.54, 1.807) is 0 Å². The predicted octanol–water partition coefficient (Wildman–Crippen LogP) is 2.44. The van der Waals surface area contributed by atoms with E-state index >= 15 is 0 Å². The van der Waals surface area contributed by atoms with Gasteiger partial charge in [-0.2, -0.15) is 0 Å². The van der Waals surface area contributed by atoms with Gasteiger partial charge in [0.15, 0.2) is 5.96 Å². The maximum atomic E-state index is 5.93. The summed E-state index contributed by atoms with van der Waals surface area (Å²) in [7, 11) is 0. The van der Waals surface area contributed by atoms with E-state index in [0.717, 1.165) is 32.0 Å². The molecule has 3 heterocycles. The van der Waals surface area contributed by atoms with Gasteiger partial charge in [0, 0.05) is 25.3 Å². The number of fused-ring (bicyclic) bond motifs is 2. The summed E-state index contributed by atoms with van der Waals surface area (Å²) in [5.41, 5.74) is 2.51. The van der Waals surface area contributed by atoms with Gasteiger partial charge in [-0.05, 0) is 43.9 Å². The van der Waals surface area contributed by atoms with Crippen LogP contribution in [0.5, 0.6) is 0 Å². The van der Waals surface area contributed by atoms with Crippen LogP contribution in [0.3, 0.4) is 0 Å². The Hall–Kier alpha value is -2.01. The Labute approximate surface area is 150 Å². The van der Waals surface area contributed by atoms with Crippen molar-refractivity contribution in [3.8, 4) is 0 Å². The molecule has 4 rings (SSSR count). The van der Waals surface area contributed by atoms with Crippen LogP contribution in [0.4, 0.5) is 5.69 Å². The van der Waals surface area contributed by atoms with Crippen molar-refractivity contribution in [2.24, 2.45) is 4.99 Å². The average Bonchev–Trinajstić information content (AvgIpc) is 3.38. The van der Waals surface area contributed by atoms with E-state index in [1.165, 1.54) is 24.1 Å². The molecule has 1 aromatic carbocycles. The highest BCUT2D eigenvalue weighted by molar-refractivity contribution is 5.80. The second-order valence-corrected chi connectivity index (χ2v) is 7.10. The van der Waals surface area contributed by atoms with Gasteiger partial charge in [0.1, 0.15) is 0 Å². The van der Waals surface area contributed by atoms with Crippen LogP contribution >= 0.6 is 0 Å². The van der Waals surface area contributed by atoms with E-state index in [9.17, 15) is 0 Å². The van der Waals surface area contributed by atoms with Crippen LogP contribution in [0.25, 0.3) is 0 Å². The van der Waals surface area contributed by atoms with Gasteiger partial charge in [0.2, 0.25) is 0 Å². The topological polar surface area (TPSA) is 48.9 Å². The summed E-state index contributed by atoms with van der Waals surface area (Å²) in [4.78, 5) is 7.13. The molecule has 3 aliphatic heterocycles. The van der Waals surface area contributed by atoms with Crippen molar-refractivity contribution in [2.45, 2.75) is 51.0 Å². The number of rotatable bonds is 5. The Morgan fingerprint density at radius 2 is 2.00 bits per heavy atom. The standard InChI is InChI=1S/C20H28N4O/c1-2-21-20(23-18-13-17-9-10-19(18)25-17)22-14-15-5-7-16(8-6-15)24-11-3-4-12-24/h3-8,17-19H,2,9-14H2,1H3,(H2,21,22,23). The summed E-state index contributed by atoms with van der Waals surface area (Å²) in [6, 6.07) is 9.16. The molecule has 0 aromatic heterocycles. The fourth-order valence-electron chi connectivity index (χ4n) is 3.96. The predicted molar refractivity (Wildman–Crippen MR) is 102 cm³/mol. The van der Waals surface area contributed by atoms with Crippen LogP contribution in [0, 0.1) is 0 Å². The first-order chi connectivity index (χ1) is 12.3. The van der Waals surface area contributed by atoms with Crippen LogP contribution in [0.1, 0.15) is 31.7 Å². The molecule has 3 unspecified atom stereocenters. The molecule has 0 saturated carbocycles. The lowest BCUT2D eigenvalue weighted by Gasteiger charge is -2.22. The fraction of sp³-hybridized carbons (Fsp3) is 0.550. The lowest BCUT2D eigenvalue weighted by Crippen LogP contribution is -2.47. The molecule has 25 heavy (non-hydrogen) atoms. The third-order valence-electron chi connectivity index (χ3n) is 5.31. The first kappa shape index (κ1) is 16.5. The fourth-order valence-corrected chi connectivity index (χ4v) is 3.96. The molecule has 0 amide bonds. The van der Waals surface area contributed by atoms with Gasteiger partial charge in [-0.25, -0.2) is 4.99 Å². The van der Waals surface area contributed by atoms with Crippen molar-refractivity contribution in [1.82, 2.24) is 10.6 Å². The Kier molecular flexibility index (Phi) is 4.92. The summed E-state index contributed by atoms with van der Waals surface area (Å²) in [5, 5.41) is 6.93. The van der Waals surface area contributed by atoms with Crippen LogP contribution in [0.15, 0.2) is 41.4 Å². The van der Waals surface area contributed by atoms with Crippen molar-refractivity contribution in [1.29, 1.82) is 0 Å². The normalized spacial score (nSPS) is 28.0. The Morgan fingerprint density at radius 3 is 2.64 bits per heavy atom. The Balaban J connectivity index is 1.35. The number of hydrogen-bond donors (Lipinski definition) is 2. The van der Waals surface area contributed by atoms with Gasteiger partial charge in [-0.3, -0.25) is 0 Å². The zero-order valence-corrected chi connectivity index (χ0v) is 14.9. The third kappa shape index (κ3) is 3.82. The number of anilines is 1. The number of ether oxygens (including phenoxy) is 1. The minimum Gasteiger partial charge on any atom is -0.373 e. The lowest BCUT2D eigenvalue weighted by molar-refractivity contribution is 0.0992. The van der Waals surface area contributed by atoms with Crippen molar-refractivity contribution in [3.05, 3.63) is 42.0 Å². The number of benzene rings is 1. The summed E-state index contributed by atoms with van der Waals surface area (Å²) in [5.74, 6) is 0.900. The van der Waals surface area contributed by atoms with Gasteiger partial charge in [-0.1, -0.05) is 24.3 Å². The van der Waals surface area contributed by atoms with Gasteiger partial charge in [-0.15, -0.1) is 0 Å². The molecule has 0 radical (unpaired) electrons. The molecule has 2 N–H and O–H groups in total. The number of aliphatic imine (C=N–C) groups is 1. The Morgan fingerprint density at radius 1 is 1.20 bits per heavy atom. The smallest absolute Gasteiger partial charge is 0.191 e. The first-order valence-electron chi connectivity index (χ1n) is 9.51. The molecule has 5 nitrogen and oxygen atoms in total. The number of guanidine groups is 1. The molecule has 0 spiro atoms. The highest BCUT2D eigenvalue weighted by atomic mass is 16.5. The molecule has 0 aliphatic carbocycles. The summed E-state index contributed by atoms with van der Waals surface area (Å²) in [6.07, 6.45) is 8.75. The molecular formula is C20H28N4O. The molecule has 2 fully saturated rings. The van der Waals surface area contributed by atoms with Crippen molar-refractivity contribution >= 4 is 11.6 Å². The molecule has 5 heteroatoms.